The predicted molar refractivity (Wildman–Crippen MR) is 87.5 cm³/mol. The number of nitrogens with zero attached hydrogens (tertiary/aromatic N) is 2. The van der Waals surface area contributed by atoms with Gasteiger partial charge in [0.2, 0.25) is 15.9 Å². The van der Waals surface area contributed by atoms with E-state index >= 15 is 0 Å². The van der Waals surface area contributed by atoms with Gasteiger partial charge >= 0.3 is 0 Å². The normalized spacial score (nSPS) is 28.8. The van der Waals surface area contributed by atoms with Gasteiger partial charge in [-0.05, 0) is 38.5 Å². The molecule has 1 atom stereocenters. The Hall–Kier alpha value is -0.660. The maximum absolute atomic E-state index is 12.6. The first-order valence-electron chi connectivity index (χ1n) is 8.67. The lowest BCUT2D eigenvalue weighted by Crippen LogP contribution is -2.56. The molecule has 0 N–H and O–H groups in total. The van der Waals surface area contributed by atoms with E-state index in [0.717, 1.165) is 45.1 Å². The van der Waals surface area contributed by atoms with Crippen molar-refractivity contribution in [3.8, 4) is 0 Å². The monoisotopic (exact) mass is 344 g/mol. The van der Waals surface area contributed by atoms with Crippen LogP contribution in [0.25, 0.3) is 0 Å². The van der Waals surface area contributed by atoms with Crippen molar-refractivity contribution in [1.29, 1.82) is 0 Å². The summed E-state index contributed by atoms with van der Waals surface area (Å²) in [6.45, 7) is 4.55. The SMILES string of the molecule is CC1(C(=O)N2CCCC(N(C3CCOCC3)S(C)(=O)=O)C2)CC1. The van der Waals surface area contributed by atoms with Crippen LogP contribution in [0.1, 0.15) is 45.4 Å². The summed E-state index contributed by atoms with van der Waals surface area (Å²) in [5.74, 6) is 0.211. The molecule has 6 nitrogen and oxygen atoms in total. The van der Waals surface area contributed by atoms with Gasteiger partial charge in [0.1, 0.15) is 0 Å². The molecule has 0 aromatic heterocycles. The lowest BCUT2D eigenvalue weighted by Gasteiger charge is -2.43. The molecular formula is C16H28N2O4S. The van der Waals surface area contributed by atoms with E-state index in [-0.39, 0.29) is 23.4 Å². The molecule has 3 fully saturated rings. The van der Waals surface area contributed by atoms with Crippen LogP contribution >= 0.6 is 0 Å². The Balaban J connectivity index is 1.74. The summed E-state index contributed by atoms with van der Waals surface area (Å²) in [6.07, 6.45) is 6.42. The number of hydrogen-bond acceptors (Lipinski definition) is 4. The molecule has 2 saturated heterocycles. The summed E-state index contributed by atoms with van der Waals surface area (Å²) >= 11 is 0. The second kappa shape index (κ2) is 6.33. The smallest absolute Gasteiger partial charge is 0.228 e. The molecule has 0 spiro atoms. The van der Waals surface area contributed by atoms with Gasteiger partial charge in [-0.25, -0.2) is 8.42 Å². The number of rotatable bonds is 4. The van der Waals surface area contributed by atoms with E-state index in [4.69, 9.17) is 4.74 Å². The first-order chi connectivity index (χ1) is 10.8. The fourth-order valence-electron chi connectivity index (χ4n) is 3.91. The maximum Gasteiger partial charge on any atom is 0.228 e. The summed E-state index contributed by atoms with van der Waals surface area (Å²) in [6, 6.07) is -0.0801. The summed E-state index contributed by atoms with van der Waals surface area (Å²) in [5, 5.41) is 0. The first-order valence-corrected chi connectivity index (χ1v) is 10.5. The van der Waals surface area contributed by atoms with E-state index in [1.54, 1.807) is 4.31 Å². The minimum Gasteiger partial charge on any atom is -0.381 e. The van der Waals surface area contributed by atoms with Crippen LogP contribution in [0.4, 0.5) is 0 Å². The average molecular weight is 344 g/mol. The van der Waals surface area contributed by atoms with Crippen LogP contribution in [-0.2, 0) is 19.6 Å². The van der Waals surface area contributed by atoms with E-state index in [1.165, 1.54) is 6.26 Å². The number of carbonyl (C=O) groups excluding carboxylic acids is 1. The summed E-state index contributed by atoms with van der Waals surface area (Å²) < 4.78 is 31.9. The lowest BCUT2D eigenvalue weighted by molar-refractivity contribution is -0.138. The Labute approximate surface area is 139 Å². The Morgan fingerprint density at radius 3 is 2.39 bits per heavy atom. The quantitative estimate of drug-likeness (QED) is 0.769. The third-order valence-corrected chi connectivity index (χ3v) is 6.86. The summed E-state index contributed by atoms with van der Waals surface area (Å²) in [4.78, 5) is 14.5. The fourth-order valence-corrected chi connectivity index (χ4v) is 5.38. The molecule has 0 radical (unpaired) electrons. The van der Waals surface area contributed by atoms with E-state index in [9.17, 15) is 13.2 Å². The predicted octanol–water partition coefficient (Wildman–Crippen LogP) is 1.22. The Morgan fingerprint density at radius 1 is 1.17 bits per heavy atom. The number of carbonyl (C=O) groups is 1. The molecule has 3 aliphatic rings. The minimum atomic E-state index is -3.29. The molecule has 2 aliphatic heterocycles. The van der Waals surface area contributed by atoms with Gasteiger partial charge in [-0.15, -0.1) is 0 Å². The molecule has 132 valence electrons. The van der Waals surface area contributed by atoms with Crippen LogP contribution in [0.5, 0.6) is 0 Å². The third kappa shape index (κ3) is 3.72. The molecule has 7 heteroatoms. The zero-order chi connectivity index (χ0) is 16.7. The van der Waals surface area contributed by atoms with Gasteiger partial charge in [-0.1, -0.05) is 6.92 Å². The van der Waals surface area contributed by atoms with Crippen LogP contribution < -0.4 is 0 Å². The average Bonchev–Trinajstić information content (AvgIpc) is 3.26. The zero-order valence-electron chi connectivity index (χ0n) is 14.2. The van der Waals surface area contributed by atoms with Crippen LogP contribution in [0.3, 0.4) is 0 Å². The molecule has 1 unspecified atom stereocenters. The van der Waals surface area contributed by atoms with E-state index < -0.39 is 10.0 Å². The Morgan fingerprint density at radius 2 is 1.83 bits per heavy atom. The minimum absolute atomic E-state index is 0.00955. The van der Waals surface area contributed by atoms with Crippen molar-refractivity contribution < 1.29 is 17.9 Å². The lowest BCUT2D eigenvalue weighted by atomic mass is 9.99. The molecule has 0 aromatic carbocycles. The van der Waals surface area contributed by atoms with E-state index in [0.29, 0.717) is 19.8 Å². The van der Waals surface area contributed by atoms with Crippen molar-refractivity contribution in [2.45, 2.75) is 57.5 Å². The molecule has 23 heavy (non-hydrogen) atoms. The number of likely N-dealkylation sites (tertiary alicyclic amines) is 1. The molecule has 0 bridgehead atoms. The number of sulfonamides is 1. The van der Waals surface area contributed by atoms with Crippen molar-refractivity contribution in [3.05, 3.63) is 0 Å². The van der Waals surface area contributed by atoms with E-state index in [2.05, 4.69) is 0 Å². The number of ether oxygens (including phenoxy) is 1. The van der Waals surface area contributed by atoms with Gasteiger partial charge in [-0.2, -0.15) is 4.31 Å². The van der Waals surface area contributed by atoms with Crippen LogP contribution in [0.2, 0.25) is 0 Å². The summed E-state index contributed by atoms with van der Waals surface area (Å²) in [7, 11) is -3.29. The molecule has 2 heterocycles. The van der Waals surface area contributed by atoms with Crippen LogP contribution in [0, 0.1) is 5.41 Å². The van der Waals surface area contributed by atoms with Gasteiger partial charge in [0, 0.05) is 43.8 Å². The van der Waals surface area contributed by atoms with Crippen molar-refractivity contribution in [2.75, 3.05) is 32.6 Å². The highest BCUT2D eigenvalue weighted by Gasteiger charge is 2.48. The van der Waals surface area contributed by atoms with E-state index in [1.807, 2.05) is 11.8 Å². The maximum atomic E-state index is 12.6. The van der Waals surface area contributed by atoms with Crippen molar-refractivity contribution in [2.24, 2.45) is 5.41 Å². The number of amides is 1. The van der Waals surface area contributed by atoms with Gasteiger partial charge < -0.3 is 9.64 Å². The molecule has 1 saturated carbocycles. The standard InChI is InChI=1S/C16H28N2O4S/c1-16(7-8-16)15(19)17-9-3-4-14(12-17)18(23(2,20)21)13-5-10-22-11-6-13/h13-14H,3-12H2,1-2H3. The van der Waals surface area contributed by atoms with Crippen molar-refractivity contribution in [1.82, 2.24) is 9.21 Å². The Bertz CT molecular complexity index is 552. The van der Waals surface area contributed by atoms with Gasteiger partial charge in [0.25, 0.3) is 0 Å². The molecule has 1 aliphatic carbocycles. The molecule has 3 rings (SSSR count). The summed E-state index contributed by atoms with van der Waals surface area (Å²) in [5.41, 5.74) is -0.184. The second-order valence-electron chi connectivity index (χ2n) is 7.54. The van der Waals surface area contributed by atoms with Crippen molar-refractivity contribution in [3.63, 3.8) is 0 Å². The Kier molecular flexibility index (Phi) is 4.73. The highest BCUT2D eigenvalue weighted by molar-refractivity contribution is 7.88. The second-order valence-corrected chi connectivity index (χ2v) is 9.43. The van der Waals surface area contributed by atoms with Gasteiger partial charge in [0.15, 0.2) is 0 Å². The number of hydrogen-bond donors (Lipinski definition) is 0. The van der Waals surface area contributed by atoms with Crippen LogP contribution in [0.15, 0.2) is 0 Å². The zero-order valence-corrected chi connectivity index (χ0v) is 15.0. The molecular weight excluding hydrogens is 316 g/mol. The third-order valence-electron chi connectivity index (χ3n) is 5.49. The highest BCUT2D eigenvalue weighted by Crippen LogP contribution is 2.47. The van der Waals surface area contributed by atoms with Crippen LogP contribution in [-0.4, -0.2) is 68.2 Å². The van der Waals surface area contributed by atoms with Gasteiger partial charge in [0.05, 0.1) is 6.26 Å². The topological polar surface area (TPSA) is 66.9 Å². The molecule has 1 amide bonds. The number of piperidine rings is 1. The molecule has 0 aromatic rings. The highest BCUT2D eigenvalue weighted by atomic mass is 32.2. The first kappa shape index (κ1) is 17.2. The fraction of sp³-hybridized carbons (Fsp3) is 0.938. The van der Waals surface area contributed by atoms with Crippen molar-refractivity contribution >= 4 is 15.9 Å². The van der Waals surface area contributed by atoms with Gasteiger partial charge in [-0.3, -0.25) is 4.79 Å². The largest absolute Gasteiger partial charge is 0.381 e.